The highest BCUT2D eigenvalue weighted by molar-refractivity contribution is 7.09. The largest absolute Gasteiger partial charge is 0.349 e. The number of rotatable bonds is 8. The van der Waals surface area contributed by atoms with E-state index in [-0.39, 0.29) is 11.5 Å². The number of nitrogens with zero attached hydrogens (tertiary/aromatic N) is 3. The highest BCUT2D eigenvalue weighted by atomic mass is 32.1. The highest BCUT2D eigenvalue weighted by Crippen LogP contribution is 2.20. The van der Waals surface area contributed by atoms with Crippen LogP contribution in [-0.2, 0) is 17.9 Å². The van der Waals surface area contributed by atoms with Crippen LogP contribution in [0.25, 0.3) is 6.08 Å². The molecule has 0 aliphatic rings. The van der Waals surface area contributed by atoms with E-state index in [9.17, 15) is 10.1 Å². The van der Waals surface area contributed by atoms with Gasteiger partial charge >= 0.3 is 0 Å². The smallest absolute Gasteiger partial charge is 0.265 e. The van der Waals surface area contributed by atoms with E-state index in [1.54, 1.807) is 28.4 Å². The molecule has 4 nitrogen and oxygen atoms in total. The van der Waals surface area contributed by atoms with Gasteiger partial charge in [-0.1, -0.05) is 19.1 Å². The minimum Gasteiger partial charge on any atom is -0.349 e. The van der Waals surface area contributed by atoms with Gasteiger partial charge in [0.15, 0.2) is 0 Å². The van der Waals surface area contributed by atoms with E-state index in [0.717, 1.165) is 34.8 Å². The lowest BCUT2D eigenvalue weighted by molar-refractivity contribution is -0.126. The molecule has 0 saturated carbocycles. The maximum Gasteiger partial charge on any atom is 0.265 e. The van der Waals surface area contributed by atoms with Crippen molar-refractivity contribution in [2.75, 3.05) is 6.54 Å². The molecule has 5 heteroatoms. The topological polar surface area (TPSA) is 49.0 Å². The van der Waals surface area contributed by atoms with Crippen molar-refractivity contribution in [3.05, 3.63) is 63.6 Å². The summed E-state index contributed by atoms with van der Waals surface area (Å²) in [6, 6.07) is 8.07. The van der Waals surface area contributed by atoms with Crippen LogP contribution in [0, 0.1) is 25.2 Å². The quantitative estimate of drug-likeness (QED) is 0.386. The van der Waals surface area contributed by atoms with Crippen LogP contribution in [-0.4, -0.2) is 21.9 Å². The second-order valence-electron chi connectivity index (χ2n) is 6.20. The molecule has 1 amide bonds. The van der Waals surface area contributed by atoms with E-state index in [1.807, 2.05) is 30.5 Å². The zero-order valence-electron chi connectivity index (χ0n) is 15.7. The Morgan fingerprint density at radius 1 is 1.46 bits per heavy atom. The predicted octanol–water partition coefficient (Wildman–Crippen LogP) is 4.70. The van der Waals surface area contributed by atoms with Crippen molar-refractivity contribution >= 4 is 23.3 Å². The van der Waals surface area contributed by atoms with Crippen molar-refractivity contribution in [1.29, 1.82) is 5.26 Å². The number of amides is 1. The van der Waals surface area contributed by atoms with E-state index in [0.29, 0.717) is 13.1 Å². The zero-order chi connectivity index (χ0) is 19.1. The summed E-state index contributed by atoms with van der Waals surface area (Å²) in [5.41, 5.74) is 3.30. The highest BCUT2D eigenvalue weighted by Gasteiger charge is 2.19. The average molecular weight is 368 g/mol. The molecule has 0 unspecified atom stereocenters. The van der Waals surface area contributed by atoms with Gasteiger partial charge in [-0.25, -0.2) is 0 Å². The third kappa shape index (κ3) is 4.53. The Balaban J connectivity index is 2.31. The van der Waals surface area contributed by atoms with Gasteiger partial charge in [0.2, 0.25) is 0 Å². The van der Waals surface area contributed by atoms with Gasteiger partial charge in [0.25, 0.3) is 5.91 Å². The van der Waals surface area contributed by atoms with Crippen molar-refractivity contribution in [1.82, 2.24) is 9.47 Å². The van der Waals surface area contributed by atoms with Crippen LogP contribution in [0.4, 0.5) is 0 Å². The first-order chi connectivity index (χ1) is 12.5. The number of carbonyl (C=O) groups excluding carboxylic acids is 1. The standard InChI is InChI=1S/C21H25N3OS/c1-5-9-23(15-20-8-7-11-26-20)21(25)19(14-22)13-18-12-16(3)24(10-6-2)17(18)4/h5,7-8,11-13H,1,6,9-10,15H2,2-4H3/b19-13+. The summed E-state index contributed by atoms with van der Waals surface area (Å²) in [5, 5.41) is 11.6. The van der Waals surface area contributed by atoms with E-state index in [2.05, 4.69) is 31.1 Å². The first kappa shape index (κ1) is 19.7. The Labute approximate surface area is 159 Å². The Kier molecular flexibility index (Phi) is 6.99. The summed E-state index contributed by atoms with van der Waals surface area (Å²) in [6.45, 7) is 11.8. The molecule has 0 atom stereocenters. The Hall–Kier alpha value is -2.58. The molecule has 2 aromatic rings. The fourth-order valence-corrected chi connectivity index (χ4v) is 3.69. The fraction of sp³-hybridized carbons (Fsp3) is 0.333. The van der Waals surface area contributed by atoms with Gasteiger partial charge in [0.05, 0.1) is 6.54 Å². The molecule has 0 N–H and O–H groups in total. The number of nitriles is 1. The number of hydrogen-bond donors (Lipinski definition) is 0. The molecule has 0 aromatic carbocycles. The van der Waals surface area contributed by atoms with Crippen LogP contribution in [0.5, 0.6) is 0 Å². The molecular formula is C21H25N3OS. The molecule has 0 bridgehead atoms. The van der Waals surface area contributed by atoms with Crippen LogP contribution in [0.1, 0.15) is 35.2 Å². The molecular weight excluding hydrogens is 342 g/mol. The number of aryl methyl sites for hydroxylation is 1. The summed E-state index contributed by atoms with van der Waals surface area (Å²) in [5.74, 6) is -0.263. The number of hydrogen-bond acceptors (Lipinski definition) is 3. The molecule has 136 valence electrons. The van der Waals surface area contributed by atoms with Gasteiger partial charge in [-0.3, -0.25) is 4.79 Å². The lowest BCUT2D eigenvalue weighted by Gasteiger charge is -2.20. The van der Waals surface area contributed by atoms with Crippen LogP contribution in [0.3, 0.4) is 0 Å². The SMILES string of the molecule is C=CCN(Cc1cccs1)C(=O)/C(C#N)=C/c1cc(C)n(CCC)c1C. The predicted molar refractivity (Wildman–Crippen MR) is 108 cm³/mol. The minimum atomic E-state index is -0.263. The van der Waals surface area contributed by atoms with Gasteiger partial charge in [0, 0.05) is 29.4 Å². The van der Waals surface area contributed by atoms with Crippen LogP contribution < -0.4 is 0 Å². The van der Waals surface area contributed by atoms with Crippen molar-refractivity contribution in [3.8, 4) is 6.07 Å². The second kappa shape index (κ2) is 9.21. The summed E-state index contributed by atoms with van der Waals surface area (Å²) in [7, 11) is 0. The van der Waals surface area contributed by atoms with Crippen molar-refractivity contribution < 1.29 is 4.79 Å². The zero-order valence-corrected chi connectivity index (χ0v) is 16.5. The maximum absolute atomic E-state index is 12.9. The summed E-state index contributed by atoms with van der Waals surface area (Å²) >= 11 is 1.60. The number of thiophene rings is 1. The van der Waals surface area contributed by atoms with Gasteiger partial charge in [0.1, 0.15) is 11.6 Å². The molecule has 0 saturated heterocycles. The molecule has 0 aliphatic heterocycles. The first-order valence-electron chi connectivity index (χ1n) is 8.72. The van der Waals surface area contributed by atoms with E-state index in [4.69, 9.17) is 0 Å². The third-order valence-corrected chi connectivity index (χ3v) is 5.14. The van der Waals surface area contributed by atoms with E-state index >= 15 is 0 Å². The van der Waals surface area contributed by atoms with E-state index in [1.165, 1.54) is 0 Å². The van der Waals surface area contributed by atoms with E-state index < -0.39 is 0 Å². The molecule has 0 fully saturated rings. The lowest BCUT2D eigenvalue weighted by Crippen LogP contribution is -2.31. The number of aromatic nitrogens is 1. The summed E-state index contributed by atoms with van der Waals surface area (Å²) in [4.78, 5) is 15.6. The summed E-state index contributed by atoms with van der Waals surface area (Å²) in [6.07, 6.45) is 4.44. The van der Waals surface area contributed by atoms with Crippen LogP contribution in [0.15, 0.2) is 41.8 Å². The molecule has 0 aliphatic carbocycles. The molecule has 2 aromatic heterocycles. The minimum absolute atomic E-state index is 0.153. The monoisotopic (exact) mass is 367 g/mol. The van der Waals surface area contributed by atoms with Crippen molar-refractivity contribution in [2.24, 2.45) is 0 Å². The average Bonchev–Trinajstić information content (AvgIpc) is 3.22. The van der Waals surface area contributed by atoms with Crippen LogP contribution in [0.2, 0.25) is 0 Å². The molecule has 0 radical (unpaired) electrons. The van der Waals surface area contributed by atoms with Gasteiger partial charge in [-0.15, -0.1) is 17.9 Å². The molecule has 26 heavy (non-hydrogen) atoms. The van der Waals surface area contributed by atoms with Gasteiger partial charge in [-0.05, 0) is 49.4 Å². The fourth-order valence-electron chi connectivity index (χ4n) is 2.97. The van der Waals surface area contributed by atoms with Crippen molar-refractivity contribution in [2.45, 2.75) is 40.3 Å². The van der Waals surface area contributed by atoms with Gasteiger partial charge in [-0.2, -0.15) is 5.26 Å². The third-order valence-electron chi connectivity index (χ3n) is 4.27. The van der Waals surface area contributed by atoms with Crippen LogP contribution >= 0.6 is 11.3 Å². The number of carbonyl (C=O) groups is 1. The first-order valence-corrected chi connectivity index (χ1v) is 9.60. The molecule has 0 spiro atoms. The maximum atomic E-state index is 12.9. The summed E-state index contributed by atoms with van der Waals surface area (Å²) < 4.78 is 2.22. The normalized spacial score (nSPS) is 11.2. The Bertz CT molecular complexity index is 837. The van der Waals surface area contributed by atoms with Crippen molar-refractivity contribution in [3.63, 3.8) is 0 Å². The Morgan fingerprint density at radius 3 is 2.81 bits per heavy atom. The molecule has 2 rings (SSSR count). The Morgan fingerprint density at radius 2 is 2.23 bits per heavy atom. The lowest BCUT2D eigenvalue weighted by atomic mass is 10.1. The van der Waals surface area contributed by atoms with Gasteiger partial charge < -0.3 is 9.47 Å². The molecule has 2 heterocycles. The second-order valence-corrected chi connectivity index (χ2v) is 7.23.